The number of aliphatic hydroxyl groups excluding tert-OH is 1. The first-order valence-electron chi connectivity index (χ1n) is 9.61. The molecule has 0 aromatic heterocycles. The number of aliphatic hydroxyl groups is 1. The average Bonchev–Trinajstić information content (AvgIpc) is 2.43. The van der Waals surface area contributed by atoms with Crippen molar-refractivity contribution < 1.29 is 5.11 Å². The highest BCUT2D eigenvalue weighted by Gasteiger charge is 2.20. The summed E-state index contributed by atoms with van der Waals surface area (Å²) in [6, 6.07) is 0. The Morgan fingerprint density at radius 3 is 1.29 bits per heavy atom. The Kier molecular flexibility index (Phi) is 13.6. The van der Waals surface area contributed by atoms with E-state index < -0.39 is 0 Å². The van der Waals surface area contributed by atoms with E-state index in [-0.39, 0.29) is 0 Å². The first kappa shape index (κ1) is 21.0. The van der Waals surface area contributed by atoms with Crippen LogP contribution in [-0.2, 0) is 0 Å². The Balaban J connectivity index is 3.16. The minimum atomic E-state index is 0.369. The molecule has 0 radical (unpaired) electrons. The van der Waals surface area contributed by atoms with Gasteiger partial charge < -0.3 is 5.11 Å². The third kappa shape index (κ3) is 13.4. The lowest BCUT2D eigenvalue weighted by Gasteiger charge is -2.29. The first-order valence-corrected chi connectivity index (χ1v) is 9.61. The van der Waals surface area contributed by atoms with Gasteiger partial charge in [-0.1, -0.05) is 98.3 Å². The van der Waals surface area contributed by atoms with Gasteiger partial charge in [-0.25, -0.2) is 0 Å². The molecule has 0 bridgehead atoms. The van der Waals surface area contributed by atoms with E-state index >= 15 is 0 Å². The Labute approximate surface area is 134 Å². The molecule has 1 nitrogen and oxygen atoms in total. The van der Waals surface area contributed by atoms with Crippen molar-refractivity contribution in [1.82, 2.24) is 0 Å². The number of hydrogen-bond acceptors (Lipinski definition) is 1. The molecule has 0 aliphatic rings. The fraction of sp³-hybridized carbons (Fsp3) is 1.00. The minimum absolute atomic E-state index is 0.369. The Morgan fingerprint density at radius 1 is 0.619 bits per heavy atom. The Hall–Kier alpha value is -0.0400. The van der Waals surface area contributed by atoms with Crippen molar-refractivity contribution in [1.29, 1.82) is 0 Å². The van der Waals surface area contributed by atoms with E-state index in [2.05, 4.69) is 27.7 Å². The largest absolute Gasteiger partial charge is 0.396 e. The van der Waals surface area contributed by atoms with Crippen LogP contribution in [0.25, 0.3) is 0 Å². The molecule has 128 valence electrons. The summed E-state index contributed by atoms with van der Waals surface area (Å²) in [5, 5.41) is 8.70. The van der Waals surface area contributed by atoms with Gasteiger partial charge in [-0.05, 0) is 24.2 Å². The van der Waals surface area contributed by atoms with Gasteiger partial charge in [0.15, 0.2) is 0 Å². The van der Waals surface area contributed by atoms with Crippen LogP contribution in [0.2, 0.25) is 0 Å². The Bertz CT molecular complexity index is 208. The van der Waals surface area contributed by atoms with Gasteiger partial charge in [0.1, 0.15) is 0 Å². The van der Waals surface area contributed by atoms with E-state index in [0.717, 1.165) is 12.3 Å². The summed E-state index contributed by atoms with van der Waals surface area (Å²) in [4.78, 5) is 0. The SMILES string of the molecule is CC(C)C(C)(C)CCCCCCCCCCCCCCO. The second-order valence-corrected chi connectivity index (χ2v) is 7.86. The zero-order valence-corrected chi connectivity index (χ0v) is 15.4. The van der Waals surface area contributed by atoms with Crippen LogP contribution in [0.4, 0.5) is 0 Å². The van der Waals surface area contributed by atoms with Gasteiger partial charge in [-0.2, -0.15) is 0 Å². The van der Waals surface area contributed by atoms with Crippen molar-refractivity contribution in [3.63, 3.8) is 0 Å². The molecule has 0 unspecified atom stereocenters. The summed E-state index contributed by atoms with van der Waals surface area (Å²) in [5.74, 6) is 0.801. The maximum atomic E-state index is 8.70. The van der Waals surface area contributed by atoms with Gasteiger partial charge in [0.05, 0.1) is 0 Å². The topological polar surface area (TPSA) is 20.2 Å². The molecule has 0 saturated carbocycles. The zero-order chi connectivity index (χ0) is 16.0. The number of hydrogen-bond donors (Lipinski definition) is 1. The summed E-state index contributed by atoms with van der Waals surface area (Å²) in [6.45, 7) is 9.90. The summed E-state index contributed by atoms with van der Waals surface area (Å²) < 4.78 is 0. The van der Waals surface area contributed by atoms with Crippen molar-refractivity contribution in [3.05, 3.63) is 0 Å². The first-order chi connectivity index (χ1) is 10.0. The van der Waals surface area contributed by atoms with Gasteiger partial charge in [0.25, 0.3) is 0 Å². The molecule has 0 heterocycles. The molecular formula is C20H42O. The third-order valence-electron chi connectivity index (χ3n) is 5.29. The molecule has 0 aromatic carbocycles. The highest BCUT2D eigenvalue weighted by Crippen LogP contribution is 2.32. The van der Waals surface area contributed by atoms with Crippen LogP contribution >= 0.6 is 0 Å². The Morgan fingerprint density at radius 2 is 0.952 bits per heavy atom. The van der Waals surface area contributed by atoms with Crippen molar-refractivity contribution >= 4 is 0 Å². The lowest BCUT2D eigenvalue weighted by Crippen LogP contribution is -2.18. The molecule has 0 aromatic rings. The van der Waals surface area contributed by atoms with Crippen molar-refractivity contribution in [3.8, 4) is 0 Å². The average molecular weight is 299 g/mol. The minimum Gasteiger partial charge on any atom is -0.396 e. The van der Waals surface area contributed by atoms with Gasteiger partial charge in [0, 0.05) is 6.61 Å². The molecule has 0 spiro atoms. The molecule has 0 amide bonds. The van der Waals surface area contributed by atoms with Gasteiger partial charge in [0.2, 0.25) is 0 Å². The summed E-state index contributed by atoms with van der Waals surface area (Å²) in [6.07, 6.45) is 17.7. The van der Waals surface area contributed by atoms with E-state index in [4.69, 9.17) is 5.11 Å². The number of rotatable bonds is 15. The monoisotopic (exact) mass is 298 g/mol. The van der Waals surface area contributed by atoms with Crippen LogP contribution in [0.5, 0.6) is 0 Å². The molecule has 0 aliphatic carbocycles. The molecule has 0 aliphatic heterocycles. The lowest BCUT2D eigenvalue weighted by molar-refractivity contribution is 0.221. The number of unbranched alkanes of at least 4 members (excludes halogenated alkanes) is 11. The van der Waals surface area contributed by atoms with E-state index in [1.54, 1.807) is 0 Å². The van der Waals surface area contributed by atoms with E-state index in [1.165, 1.54) is 77.0 Å². The van der Waals surface area contributed by atoms with E-state index in [0.29, 0.717) is 12.0 Å². The lowest BCUT2D eigenvalue weighted by atomic mass is 9.77. The highest BCUT2D eigenvalue weighted by molar-refractivity contribution is 4.71. The predicted molar refractivity (Wildman–Crippen MR) is 95.7 cm³/mol. The summed E-state index contributed by atoms with van der Waals surface area (Å²) >= 11 is 0. The van der Waals surface area contributed by atoms with Crippen LogP contribution in [0.3, 0.4) is 0 Å². The molecule has 0 rings (SSSR count). The molecule has 1 N–H and O–H groups in total. The fourth-order valence-corrected chi connectivity index (χ4v) is 2.75. The smallest absolute Gasteiger partial charge is 0.0431 e. The van der Waals surface area contributed by atoms with Crippen molar-refractivity contribution in [2.75, 3.05) is 6.61 Å². The predicted octanol–water partition coefficient (Wildman–Crippen LogP) is 6.73. The van der Waals surface area contributed by atoms with Gasteiger partial charge in [-0.3, -0.25) is 0 Å². The van der Waals surface area contributed by atoms with Crippen LogP contribution in [0, 0.1) is 11.3 Å². The van der Waals surface area contributed by atoms with Crippen molar-refractivity contribution in [2.24, 2.45) is 11.3 Å². The molecule has 0 saturated heterocycles. The third-order valence-corrected chi connectivity index (χ3v) is 5.29. The highest BCUT2D eigenvalue weighted by atomic mass is 16.2. The van der Waals surface area contributed by atoms with Crippen LogP contribution in [-0.4, -0.2) is 11.7 Å². The standard InChI is InChI=1S/C20H42O/c1-19(2)20(3,4)17-15-13-11-9-7-5-6-8-10-12-14-16-18-21/h19,21H,5-18H2,1-4H3. The van der Waals surface area contributed by atoms with Gasteiger partial charge in [-0.15, -0.1) is 0 Å². The zero-order valence-electron chi connectivity index (χ0n) is 15.4. The molecule has 1 heteroatoms. The van der Waals surface area contributed by atoms with E-state index in [1.807, 2.05) is 0 Å². The maximum Gasteiger partial charge on any atom is 0.0431 e. The van der Waals surface area contributed by atoms with Crippen LogP contribution < -0.4 is 0 Å². The van der Waals surface area contributed by atoms with Gasteiger partial charge >= 0.3 is 0 Å². The second kappa shape index (κ2) is 13.6. The normalized spacial score (nSPS) is 12.3. The maximum absolute atomic E-state index is 8.70. The summed E-state index contributed by atoms with van der Waals surface area (Å²) in [7, 11) is 0. The molecular weight excluding hydrogens is 256 g/mol. The van der Waals surface area contributed by atoms with E-state index in [9.17, 15) is 0 Å². The molecule has 0 fully saturated rings. The van der Waals surface area contributed by atoms with Crippen LogP contribution in [0.1, 0.15) is 111 Å². The van der Waals surface area contributed by atoms with Crippen molar-refractivity contribution in [2.45, 2.75) is 111 Å². The quantitative estimate of drug-likeness (QED) is 0.332. The fourth-order valence-electron chi connectivity index (χ4n) is 2.75. The van der Waals surface area contributed by atoms with Crippen LogP contribution in [0.15, 0.2) is 0 Å². The molecule has 0 atom stereocenters. The molecule has 21 heavy (non-hydrogen) atoms. The summed E-state index contributed by atoms with van der Waals surface area (Å²) in [5.41, 5.74) is 0.524. The second-order valence-electron chi connectivity index (χ2n) is 7.86.